The molecule has 28 heavy (non-hydrogen) atoms. The Kier molecular flexibility index (Phi) is 5.99. The predicted octanol–water partition coefficient (Wildman–Crippen LogP) is 3.16. The number of hydrogen-bond acceptors (Lipinski definition) is 5. The van der Waals surface area contributed by atoms with E-state index in [1.165, 1.54) is 10.9 Å². The van der Waals surface area contributed by atoms with Gasteiger partial charge >= 0.3 is 5.97 Å². The van der Waals surface area contributed by atoms with Gasteiger partial charge < -0.3 is 4.74 Å². The van der Waals surface area contributed by atoms with Crippen molar-refractivity contribution in [1.82, 2.24) is 9.55 Å². The maximum atomic E-state index is 12.4. The third-order valence-corrected chi connectivity index (χ3v) is 4.61. The van der Waals surface area contributed by atoms with E-state index in [0.717, 1.165) is 12.0 Å². The molecule has 6 nitrogen and oxygen atoms in total. The van der Waals surface area contributed by atoms with Crippen molar-refractivity contribution in [2.45, 2.75) is 39.3 Å². The van der Waals surface area contributed by atoms with Crippen LogP contribution in [0.1, 0.15) is 36.2 Å². The quantitative estimate of drug-likeness (QED) is 0.466. The van der Waals surface area contributed by atoms with Gasteiger partial charge in [-0.3, -0.25) is 19.0 Å². The Bertz CT molecular complexity index is 1050. The number of nitrogens with zero attached hydrogens (tertiary/aromatic N) is 2. The number of rotatable bonds is 7. The molecule has 6 heteroatoms. The molecule has 1 heterocycles. The van der Waals surface area contributed by atoms with Crippen LogP contribution >= 0.6 is 0 Å². The van der Waals surface area contributed by atoms with Gasteiger partial charge in [-0.15, -0.1) is 0 Å². The number of hydrogen-bond donors (Lipinski definition) is 0. The summed E-state index contributed by atoms with van der Waals surface area (Å²) in [6.07, 6.45) is 1.40. The molecule has 0 saturated carbocycles. The van der Waals surface area contributed by atoms with Crippen LogP contribution in [0, 0.1) is 0 Å². The number of carbonyl (C=O) groups is 2. The monoisotopic (exact) mass is 378 g/mol. The Morgan fingerprint density at radius 2 is 1.82 bits per heavy atom. The second kappa shape index (κ2) is 8.61. The van der Waals surface area contributed by atoms with Crippen molar-refractivity contribution in [3.8, 4) is 0 Å². The molecule has 144 valence electrons. The lowest BCUT2D eigenvalue weighted by atomic mass is 10.0. The Balaban J connectivity index is 1.60. The van der Waals surface area contributed by atoms with Crippen molar-refractivity contribution in [3.63, 3.8) is 0 Å². The summed E-state index contributed by atoms with van der Waals surface area (Å²) in [4.78, 5) is 41.2. The molecule has 3 aromatic rings. The van der Waals surface area contributed by atoms with E-state index in [-0.39, 0.29) is 24.3 Å². The van der Waals surface area contributed by atoms with Crippen LogP contribution < -0.4 is 5.56 Å². The summed E-state index contributed by atoms with van der Waals surface area (Å²) in [6.45, 7) is 3.73. The highest BCUT2D eigenvalue weighted by atomic mass is 16.5. The van der Waals surface area contributed by atoms with Gasteiger partial charge in [0.1, 0.15) is 0 Å². The Labute approximate surface area is 162 Å². The Morgan fingerprint density at radius 3 is 2.54 bits per heavy atom. The van der Waals surface area contributed by atoms with E-state index in [1.54, 1.807) is 37.3 Å². The first-order valence-electron chi connectivity index (χ1n) is 9.26. The topological polar surface area (TPSA) is 78.3 Å². The van der Waals surface area contributed by atoms with Gasteiger partial charge in [0, 0.05) is 12.1 Å². The molecule has 0 aliphatic heterocycles. The number of fused-ring (bicyclic) bond motifs is 1. The molecule has 1 unspecified atom stereocenters. The maximum absolute atomic E-state index is 12.4. The average Bonchev–Trinajstić information content (AvgIpc) is 2.73. The van der Waals surface area contributed by atoms with Crippen LogP contribution in [0.4, 0.5) is 0 Å². The van der Waals surface area contributed by atoms with Crippen LogP contribution in [-0.2, 0) is 22.5 Å². The summed E-state index contributed by atoms with van der Waals surface area (Å²) in [5.41, 5.74) is 2.04. The smallest absolute Gasteiger partial charge is 0.308 e. The van der Waals surface area contributed by atoms with Gasteiger partial charge in [-0.25, -0.2) is 4.98 Å². The summed E-state index contributed by atoms with van der Waals surface area (Å²) in [5, 5.41) is 0.498. The summed E-state index contributed by atoms with van der Waals surface area (Å²) in [6, 6.07) is 14.3. The second-order valence-corrected chi connectivity index (χ2v) is 6.56. The number of benzene rings is 2. The van der Waals surface area contributed by atoms with Crippen molar-refractivity contribution < 1.29 is 14.3 Å². The Hall–Kier alpha value is -3.28. The number of para-hydroxylation sites is 1. The molecular weight excluding hydrogens is 356 g/mol. The van der Waals surface area contributed by atoms with Gasteiger partial charge in [-0.1, -0.05) is 43.3 Å². The van der Waals surface area contributed by atoms with Crippen LogP contribution in [-0.4, -0.2) is 27.4 Å². The van der Waals surface area contributed by atoms with Crippen LogP contribution in [0.5, 0.6) is 0 Å². The molecule has 0 saturated heterocycles. The fourth-order valence-electron chi connectivity index (χ4n) is 2.93. The fourth-order valence-corrected chi connectivity index (χ4v) is 2.93. The highest BCUT2D eigenvalue weighted by Gasteiger charge is 2.19. The van der Waals surface area contributed by atoms with E-state index in [1.807, 2.05) is 25.1 Å². The van der Waals surface area contributed by atoms with Crippen LogP contribution in [0.15, 0.2) is 59.7 Å². The van der Waals surface area contributed by atoms with Gasteiger partial charge in [-0.2, -0.15) is 0 Å². The highest BCUT2D eigenvalue weighted by molar-refractivity contribution is 6.00. The molecular formula is C22H22N2O4. The van der Waals surface area contributed by atoms with Crippen molar-refractivity contribution >= 4 is 22.7 Å². The SMILES string of the molecule is CCc1ccc(C(=O)C(C)OC(=O)CCn2cnc3ccccc3c2=O)cc1. The van der Waals surface area contributed by atoms with Crippen molar-refractivity contribution in [2.24, 2.45) is 0 Å². The Morgan fingerprint density at radius 1 is 1.11 bits per heavy atom. The molecule has 0 radical (unpaired) electrons. The largest absolute Gasteiger partial charge is 0.454 e. The van der Waals surface area contributed by atoms with Crippen molar-refractivity contribution in [2.75, 3.05) is 0 Å². The van der Waals surface area contributed by atoms with Crippen LogP contribution in [0.25, 0.3) is 10.9 Å². The lowest BCUT2D eigenvalue weighted by molar-refractivity contribution is -0.146. The predicted molar refractivity (Wildman–Crippen MR) is 106 cm³/mol. The highest BCUT2D eigenvalue weighted by Crippen LogP contribution is 2.10. The first-order chi connectivity index (χ1) is 13.5. The lowest BCUT2D eigenvalue weighted by Crippen LogP contribution is -2.26. The standard InChI is InChI=1S/C22H22N2O4/c1-3-16-8-10-17(11-9-16)21(26)15(2)28-20(25)12-13-24-14-23-19-7-5-4-6-18(19)22(24)27/h4-11,14-15H,3,12-13H2,1-2H3. The number of ether oxygens (including phenoxy) is 1. The number of esters is 1. The fraction of sp³-hybridized carbons (Fsp3) is 0.273. The van der Waals surface area contributed by atoms with Crippen molar-refractivity contribution in [3.05, 3.63) is 76.3 Å². The number of carbonyl (C=O) groups excluding carboxylic acids is 2. The third-order valence-electron chi connectivity index (χ3n) is 4.61. The molecule has 0 aliphatic carbocycles. The minimum Gasteiger partial charge on any atom is -0.454 e. The third kappa shape index (κ3) is 4.34. The van der Waals surface area contributed by atoms with Crippen LogP contribution in [0.2, 0.25) is 0 Å². The minimum absolute atomic E-state index is 0.0215. The summed E-state index contributed by atoms with van der Waals surface area (Å²) in [7, 11) is 0. The van der Waals surface area contributed by atoms with E-state index < -0.39 is 12.1 Å². The van der Waals surface area contributed by atoms with E-state index in [4.69, 9.17) is 4.74 Å². The molecule has 0 N–H and O–H groups in total. The molecule has 2 aromatic carbocycles. The summed E-state index contributed by atoms with van der Waals surface area (Å²) < 4.78 is 6.62. The van der Waals surface area contributed by atoms with E-state index in [9.17, 15) is 14.4 Å². The molecule has 0 amide bonds. The number of ketones is 1. The van der Waals surface area contributed by atoms with Gasteiger partial charge in [0.2, 0.25) is 5.78 Å². The van der Waals surface area contributed by atoms with Gasteiger partial charge in [0.25, 0.3) is 5.56 Å². The molecule has 3 rings (SSSR count). The van der Waals surface area contributed by atoms with Crippen LogP contribution in [0.3, 0.4) is 0 Å². The van der Waals surface area contributed by atoms with E-state index in [2.05, 4.69) is 4.98 Å². The zero-order valence-electron chi connectivity index (χ0n) is 15.9. The van der Waals surface area contributed by atoms with E-state index in [0.29, 0.717) is 16.5 Å². The summed E-state index contributed by atoms with van der Waals surface area (Å²) in [5.74, 6) is -0.786. The molecule has 0 fully saturated rings. The van der Waals surface area contributed by atoms with Gasteiger partial charge in [0.15, 0.2) is 6.10 Å². The maximum Gasteiger partial charge on any atom is 0.308 e. The van der Waals surface area contributed by atoms with Gasteiger partial charge in [0.05, 0.1) is 23.7 Å². The molecule has 0 bridgehead atoms. The minimum atomic E-state index is -0.883. The zero-order valence-corrected chi connectivity index (χ0v) is 15.9. The number of Topliss-reactive ketones (excluding diaryl/α,β-unsaturated/α-hetero) is 1. The number of aryl methyl sites for hydroxylation is 2. The normalized spacial score (nSPS) is 11.9. The molecule has 0 aliphatic rings. The second-order valence-electron chi connectivity index (χ2n) is 6.56. The average molecular weight is 378 g/mol. The molecule has 1 aromatic heterocycles. The lowest BCUT2D eigenvalue weighted by Gasteiger charge is -2.13. The number of aromatic nitrogens is 2. The van der Waals surface area contributed by atoms with E-state index >= 15 is 0 Å². The zero-order chi connectivity index (χ0) is 20.1. The first kappa shape index (κ1) is 19.5. The van der Waals surface area contributed by atoms with Crippen molar-refractivity contribution in [1.29, 1.82) is 0 Å². The molecule has 1 atom stereocenters. The summed E-state index contributed by atoms with van der Waals surface area (Å²) >= 11 is 0. The molecule has 0 spiro atoms. The van der Waals surface area contributed by atoms with Gasteiger partial charge in [-0.05, 0) is 31.0 Å². The first-order valence-corrected chi connectivity index (χ1v) is 9.26.